The van der Waals surface area contributed by atoms with Crippen LogP contribution in [0.25, 0.3) is 0 Å². The number of aromatic nitrogens is 2. The molecule has 2 aromatic rings. The highest BCUT2D eigenvalue weighted by atomic mass is 16.5. The molecule has 1 amide bonds. The van der Waals surface area contributed by atoms with Gasteiger partial charge in [0.15, 0.2) is 0 Å². The Kier molecular flexibility index (Phi) is 8.59. The van der Waals surface area contributed by atoms with Crippen molar-refractivity contribution < 1.29 is 14.3 Å². The van der Waals surface area contributed by atoms with Crippen LogP contribution in [0.3, 0.4) is 0 Å². The van der Waals surface area contributed by atoms with E-state index in [9.17, 15) is 4.79 Å². The topological polar surface area (TPSA) is 67.8 Å². The molecule has 2 heterocycles. The Balaban J connectivity index is 1.97. The third-order valence-corrected chi connectivity index (χ3v) is 6.09. The number of amides is 1. The molecule has 0 spiro atoms. The van der Waals surface area contributed by atoms with Gasteiger partial charge in [0.2, 0.25) is 5.91 Å². The van der Waals surface area contributed by atoms with Crippen molar-refractivity contribution in [2.24, 2.45) is 0 Å². The number of aryl methyl sites for hydroxylation is 1. The predicted molar refractivity (Wildman–Crippen MR) is 126 cm³/mol. The summed E-state index contributed by atoms with van der Waals surface area (Å²) in [6.07, 6.45) is 1.72. The van der Waals surface area contributed by atoms with E-state index in [4.69, 9.17) is 19.4 Å². The molecule has 0 saturated carbocycles. The first-order valence-electron chi connectivity index (χ1n) is 11.4. The summed E-state index contributed by atoms with van der Waals surface area (Å²) in [6, 6.07) is 8.57. The van der Waals surface area contributed by atoms with Gasteiger partial charge in [-0.25, -0.2) is 9.97 Å². The van der Waals surface area contributed by atoms with Crippen LogP contribution in [0.5, 0.6) is 0 Å². The minimum Gasteiger partial charge on any atom is -0.378 e. The Morgan fingerprint density at radius 1 is 1.12 bits per heavy atom. The molecule has 1 aliphatic heterocycles. The second-order valence-corrected chi connectivity index (χ2v) is 8.54. The lowest BCUT2D eigenvalue weighted by atomic mass is 10.0. The van der Waals surface area contributed by atoms with Crippen molar-refractivity contribution in [2.45, 2.75) is 46.1 Å². The second-order valence-electron chi connectivity index (χ2n) is 8.54. The van der Waals surface area contributed by atoms with Gasteiger partial charge in [0, 0.05) is 58.3 Å². The first-order chi connectivity index (χ1) is 15.5. The van der Waals surface area contributed by atoms with Crippen LogP contribution in [-0.2, 0) is 27.3 Å². The zero-order valence-electron chi connectivity index (χ0n) is 20.1. The SMILES string of the molecule is CC[C@@H](C)c1nc(COC)c(Cc2cccc(C)c2)c(N2CCN(C(=O)COC)CC2)n1. The van der Waals surface area contributed by atoms with E-state index < -0.39 is 0 Å². The summed E-state index contributed by atoms with van der Waals surface area (Å²) in [7, 11) is 3.27. The third-order valence-electron chi connectivity index (χ3n) is 6.09. The highest BCUT2D eigenvalue weighted by molar-refractivity contribution is 5.77. The number of rotatable bonds is 9. The molecular weight excluding hydrogens is 404 g/mol. The first kappa shape index (κ1) is 24.1. The highest BCUT2D eigenvalue weighted by Gasteiger charge is 2.26. The molecule has 0 radical (unpaired) electrons. The molecule has 1 aromatic carbocycles. The van der Waals surface area contributed by atoms with E-state index in [0.717, 1.165) is 48.8 Å². The molecule has 1 saturated heterocycles. The summed E-state index contributed by atoms with van der Waals surface area (Å²) in [5.74, 6) is 2.14. The van der Waals surface area contributed by atoms with Crippen LogP contribution in [0.1, 0.15) is 54.4 Å². The summed E-state index contributed by atoms with van der Waals surface area (Å²) in [4.78, 5) is 26.4. The smallest absolute Gasteiger partial charge is 0.248 e. The molecule has 174 valence electrons. The van der Waals surface area contributed by atoms with Gasteiger partial charge in [-0.2, -0.15) is 0 Å². The number of ether oxygens (including phenoxy) is 2. The number of hydrogen-bond donors (Lipinski definition) is 0. The molecule has 7 nitrogen and oxygen atoms in total. The van der Waals surface area contributed by atoms with Gasteiger partial charge >= 0.3 is 0 Å². The molecule has 1 aliphatic rings. The summed E-state index contributed by atoms with van der Waals surface area (Å²) in [5, 5.41) is 0. The van der Waals surface area contributed by atoms with Gasteiger partial charge in [-0.15, -0.1) is 0 Å². The Labute approximate surface area is 191 Å². The van der Waals surface area contributed by atoms with E-state index in [0.29, 0.717) is 19.7 Å². The molecule has 1 fully saturated rings. The molecule has 32 heavy (non-hydrogen) atoms. The molecule has 1 atom stereocenters. The number of anilines is 1. The fraction of sp³-hybridized carbons (Fsp3) is 0.560. The molecule has 0 N–H and O–H groups in total. The minimum atomic E-state index is 0.0372. The van der Waals surface area contributed by atoms with Gasteiger partial charge in [-0.3, -0.25) is 4.79 Å². The zero-order chi connectivity index (χ0) is 23.1. The van der Waals surface area contributed by atoms with Crippen LogP contribution in [0, 0.1) is 6.92 Å². The number of carbonyl (C=O) groups is 1. The van der Waals surface area contributed by atoms with Crippen molar-refractivity contribution in [3.8, 4) is 0 Å². The number of benzene rings is 1. The summed E-state index contributed by atoms with van der Waals surface area (Å²) in [6.45, 7) is 9.80. The van der Waals surface area contributed by atoms with E-state index in [1.165, 1.54) is 11.1 Å². The van der Waals surface area contributed by atoms with Crippen LogP contribution < -0.4 is 4.90 Å². The quantitative estimate of drug-likeness (QED) is 0.596. The maximum absolute atomic E-state index is 12.2. The normalized spacial score (nSPS) is 15.2. The molecule has 7 heteroatoms. The number of carbonyl (C=O) groups excluding carboxylic acids is 1. The van der Waals surface area contributed by atoms with Gasteiger partial charge in [-0.05, 0) is 18.9 Å². The zero-order valence-corrected chi connectivity index (χ0v) is 20.1. The maximum Gasteiger partial charge on any atom is 0.248 e. The van der Waals surface area contributed by atoms with Gasteiger partial charge in [0.05, 0.1) is 12.3 Å². The van der Waals surface area contributed by atoms with Gasteiger partial charge in [-0.1, -0.05) is 43.7 Å². The molecule has 0 bridgehead atoms. The van der Waals surface area contributed by atoms with Crippen molar-refractivity contribution >= 4 is 11.7 Å². The Morgan fingerprint density at radius 2 is 1.88 bits per heavy atom. The Morgan fingerprint density at radius 3 is 2.50 bits per heavy atom. The van der Waals surface area contributed by atoms with Crippen LogP contribution in [0.15, 0.2) is 24.3 Å². The summed E-state index contributed by atoms with van der Waals surface area (Å²) < 4.78 is 10.6. The summed E-state index contributed by atoms with van der Waals surface area (Å²) in [5.41, 5.74) is 4.53. The van der Waals surface area contributed by atoms with Crippen molar-refractivity contribution in [2.75, 3.05) is 51.9 Å². The van der Waals surface area contributed by atoms with Crippen LogP contribution >= 0.6 is 0 Å². The lowest BCUT2D eigenvalue weighted by Gasteiger charge is -2.36. The van der Waals surface area contributed by atoms with E-state index in [2.05, 4.69) is 49.9 Å². The summed E-state index contributed by atoms with van der Waals surface area (Å²) >= 11 is 0. The van der Waals surface area contributed by atoms with Crippen LogP contribution in [-0.4, -0.2) is 67.8 Å². The fourth-order valence-electron chi connectivity index (χ4n) is 4.05. The lowest BCUT2D eigenvalue weighted by Crippen LogP contribution is -2.50. The van der Waals surface area contributed by atoms with Gasteiger partial charge < -0.3 is 19.3 Å². The van der Waals surface area contributed by atoms with E-state index in [1.54, 1.807) is 14.2 Å². The second kappa shape index (κ2) is 11.4. The highest BCUT2D eigenvalue weighted by Crippen LogP contribution is 2.29. The van der Waals surface area contributed by atoms with E-state index in [1.807, 2.05) is 4.90 Å². The largest absolute Gasteiger partial charge is 0.378 e. The van der Waals surface area contributed by atoms with Crippen molar-refractivity contribution in [3.05, 3.63) is 52.5 Å². The minimum absolute atomic E-state index is 0.0372. The van der Waals surface area contributed by atoms with Gasteiger partial charge in [0.25, 0.3) is 0 Å². The molecule has 0 aliphatic carbocycles. The van der Waals surface area contributed by atoms with Gasteiger partial charge in [0.1, 0.15) is 18.2 Å². The predicted octanol–water partition coefficient (Wildman–Crippen LogP) is 3.33. The van der Waals surface area contributed by atoms with Crippen molar-refractivity contribution in [1.29, 1.82) is 0 Å². The Hall–Kier alpha value is -2.51. The fourth-order valence-corrected chi connectivity index (χ4v) is 4.05. The number of piperazine rings is 1. The number of methoxy groups -OCH3 is 2. The lowest BCUT2D eigenvalue weighted by molar-refractivity contribution is -0.135. The molecule has 1 aromatic heterocycles. The van der Waals surface area contributed by atoms with Crippen LogP contribution in [0.2, 0.25) is 0 Å². The van der Waals surface area contributed by atoms with E-state index in [-0.39, 0.29) is 18.4 Å². The average Bonchev–Trinajstić information content (AvgIpc) is 2.80. The first-order valence-corrected chi connectivity index (χ1v) is 11.4. The van der Waals surface area contributed by atoms with E-state index >= 15 is 0 Å². The third kappa shape index (κ3) is 5.84. The average molecular weight is 441 g/mol. The van der Waals surface area contributed by atoms with Crippen molar-refractivity contribution in [1.82, 2.24) is 14.9 Å². The van der Waals surface area contributed by atoms with Crippen molar-refractivity contribution in [3.63, 3.8) is 0 Å². The Bertz CT molecular complexity index is 910. The standard InChI is InChI=1S/C25H36N4O3/c1-6-19(3)24-26-22(16-31-4)21(15-20-9-7-8-18(2)14-20)25(27-24)29-12-10-28(11-13-29)23(30)17-32-5/h7-9,14,19H,6,10-13,15-17H2,1-5H3/t19-/m1/s1. The molecule has 3 rings (SSSR count). The number of nitrogens with zero attached hydrogens (tertiary/aromatic N) is 4. The molecular formula is C25H36N4O3. The van der Waals surface area contributed by atoms with Crippen LogP contribution in [0.4, 0.5) is 5.82 Å². The number of hydrogen-bond acceptors (Lipinski definition) is 6. The maximum atomic E-state index is 12.2. The monoisotopic (exact) mass is 440 g/mol. The molecule has 0 unspecified atom stereocenters.